The minimum Gasteiger partial charge on any atom is -0.480 e. The van der Waals surface area contributed by atoms with Crippen molar-refractivity contribution in [3.8, 4) is 0 Å². The van der Waals surface area contributed by atoms with Crippen molar-refractivity contribution in [1.82, 2.24) is 5.32 Å². The highest BCUT2D eigenvalue weighted by Crippen LogP contribution is 2.49. The van der Waals surface area contributed by atoms with Crippen molar-refractivity contribution < 1.29 is 19.4 Å². The molecular weight excluding hydrogens is 246 g/mol. The first kappa shape index (κ1) is 15.8. The smallest absolute Gasteiger partial charge is 0.408 e. The van der Waals surface area contributed by atoms with Crippen LogP contribution >= 0.6 is 0 Å². The summed E-state index contributed by atoms with van der Waals surface area (Å²) in [7, 11) is 0. The Hall–Kier alpha value is -1.26. The van der Waals surface area contributed by atoms with Crippen molar-refractivity contribution in [2.45, 2.75) is 71.4 Å². The molecule has 0 bridgehead atoms. The highest BCUT2D eigenvalue weighted by molar-refractivity contribution is 5.79. The number of alkyl carbamates (subject to hydrolysis) is 1. The number of rotatable bonds is 6. The number of carboxylic acids is 1. The van der Waals surface area contributed by atoms with Gasteiger partial charge in [0.2, 0.25) is 0 Å². The second-order valence-corrected chi connectivity index (χ2v) is 6.74. The van der Waals surface area contributed by atoms with Crippen LogP contribution in [0.5, 0.6) is 0 Å². The predicted octanol–water partition coefficient (Wildman–Crippen LogP) is 2.93. The third kappa shape index (κ3) is 6.45. The Bertz CT molecular complexity index is 342. The maximum atomic E-state index is 11.5. The lowest BCUT2D eigenvalue weighted by atomic mass is 9.99. The van der Waals surface area contributed by atoms with Gasteiger partial charge in [0.15, 0.2) is 0 Å². The van der Waals surface area contributed by atoms with Gasteiger partial charge >= 0.3 is 12.1 Å². The molecule has 0 radical (unpaired) electrons. The van der Waals surface area contributed by atoms with Crippen molar-refractivity contribution >= 4 is 12.1 Å². The largest absolute Gasteiger partial charge is 0.480 e. The van der Waals surface area contributed by atoms with Crippen LogP contribution in [0.3, 0.4) is 0 Å². The number of aliphatic carboxylic acids is 1. The van der Waals surface area contributed by atoms with E-state index in [1.165, 1.54) is 12.8 Å². The number of carbonyl (C=O) groups is 2. The third-order valence-corrected chi connectivity index (χ3v) is 3.37. The van der Waals surface area contributed by atoms with Crippen molar-refractivity contribution in [3.63, 3.8) is 0 Å². The number of nitrogens with one attached hydrogen (secondary N) is 1. The van der Waals surface area contributed by atoms with E-state index >= 15 is 0 Å². The Balaban J connectivity index is 2.35. The topological polar surface area (TPSA) is 75.6 Å². The Kier molecular flexibility index (Phi) is 4.82. The summed E-state index contributed by atoms with van der Waals surface area (Å²) in [5.41, 5.74) is -0.205. The van der Waals surface area contributed by atoms with Crippen molar-refractivity contribution in [2.75, 3.05) is 0 Å². The molecule has 0 aromatic heterocycles. The van der Waals surface area contributed by atoms with Gasteiger partial charge in [-0.2, -0.15) is 0 Å². The molecule has 1 unspecified atom stereocenters. The Morgan fingerprint density at radius 1 is 1.37 bits per heavy atom. The number of hydrogen-bond acceptors (Lipinski definition) is 3. The summed E-state index contributed by atoms with van der Waals surface area (Å²) < 4.78 is 5.06. The molecule has 1 fully saturated rings. The molecule has 0 aromatic rings. The Labute approximate surface area is 114 Å². The highest BCUT2D eigenvalue weighted by atomic mass is 16.6. The summed E-state index contributed by atoms with van der Waals surface area (Å²) in [6.07, 6.45) is 4.06. The van der Waals surface area contributed by atoms with Crippen LogP contribution in [0, 0.1) is 5.41 Å². The second-order valence-electron chi connectivity index (χ2n) is 6.74. The van der Waals surface area contributed by atoms with Gasteiger partial charge in [-0.05, 0) is 51.9 Å². The van der Waals surface area contributed by atoms with Gasteiger partial charge in [0.05, 0.1) is 0 Å². The van der Waals surface area contributed by atoms with E-state index in [-0.39, 0.29) is 0 Å². The first-order valence-electron chi connectivity index (χ1n) is 6.84. The molecule has 1 saturated carbocycles. The minimum atomic E-state index is -1.01. The second kappa shape index (κ2) is 5.80. The van der Waals surface area contributed by atoms with Gasteiger partial charge in [0, 0.05) is 0 Å². The van der Waals surface area contributed by atoms with Crippen LogP contribution in [0.4, 0.5) is 4.79 Å². The lowest BCUT2D eigenvalue weighted by molar-refractivity contribution is -0.139. The lowest BCUT2D eigenvalue weighted by Crippen LogP contribution is -2.43. The summed E-state index contributed by atoms with van der Waals surface area (Å²) in [4.78, 5) is 22.7. The molecule has 1 amide bonds. The Morgan fingerprint density at radius 2 is 1.95 bits per heavy atom. The molecule has 0 spiro atoms. The zero-order valence-corrected chi connectivity index (χ0v) is 12.3. The van der Waals surface area contributed by atoms with Gasteiger partial charge in [-0.15, -0.1) is 0 Å². The standard InChI is InChI=1S/C14H25NO4/c1-13(2,3)19-12(18)15-10(11(16)17)6-5-7-14(4)8-9-14/h10H,5-9H2,1-4H3,(H,15,18)(H,16,17). The third-order valence-electron chi connectivity index (χ3n) is 3.37. The maximum Gasteiger partial charge on any atom is 0.408 e. The first-order valence-corrected chi connectivity index (χ1v) is 6.84. The van der Waals surface area contributed by atoms with E-state index < -0.39 is 23.7 Å². The van der Waals surface area contributed by atoms with E-state index in [1.54, 1.807) is 20.8 Å². The van der Waals surface area contributed by atoms with Crippen LogP contribution in [0.15, 0.2) is 0 Å². The van der Waals surface area contributed by atoms with Gasteiger partial charge in [-0.25, -0.2) is 9.59 Å². The summed E-state index contributed by atoms with van der Waals surface area (Å²) in [6, 6.07) is -0.864. The van der Waals surface area contributed by atoms with E-state index in [2.05, 4.69) is 12.2 Å². The summed E-state index contributed by atoms with van der Waals surface area (Å²) >= 11 is 0. The molecule has 1 aliphatic rings. The van der Waals surface area contributed by atoms with E-state index in [4.69, 9.17) is 9.84 Å². The quantitative estimate of drug-likeness (QED) is 0.778. The zero-order chi connectivity index (χ0) is 14.7. The van der Waals surface area contributed by atoms with Gasteiger partial charge in [0.1, 0.15) is 11.6 Å². The predicted molar refractivity (Wildman–Crippen MR) is 72.0 cm³/mol. The molecule has 1 atom stereocenters. The first-order chi connectivity index (χ1) is 8.61. The molecule has 0 aromatic carbocycles. The minimum absolute atomic E-state index is 0.412. The number of amides is 1. The molecule has 0 aliphatic heterocycles. The maximum absolute atomic E-state index is 11.5. The van der Waals surface area contributed by atoms with E-state index in [0.717, 1.165) is 12.8 Å². The fraction of sp³-hybridized carbons (Fsp3) is 0.857. The van der Waals surface area contributed by atoms with E-state index in [9.17, 15) is 9.59 Å². The lowest BCUT2D eigenvalue weighted by Gasteiger charge is -2.22. The Morgan fingerprint density at radius 3 is 2.37 bits per heavy atom. The average Bonchev–Trinajstić information content (AvgIpc) is 2.92. The van der Waals surface area contributed by atoms with Gasteiger partial charge in [-0.1, -0.05) is 13.3 Å². The van der Waals surface area contributed by atoms with E-state index in [0.29, 0.717) is 11.8 Å². The summed E-state index contributed by atoms with van der Waals surface area (Å²) in [6.45, 7) is 7.45. The van der Waals surface area contributed by atoms with Crippen molar-refractivity contribution in [1.29, 1.82) is 0 Å². The normalized spacial score (nSPS) is 18.5. The van der Waals surface area contributed by atoms with Crippen LogP contribution in [0.2, 0.25) is 0 Å². The number of carboxylic acid groups (broad SMARTS) is 1. The van der Waals surface area contributed by atoms with Crippen LogP contribution in [-0.4, -0.2) is 28.8 Å². The van der Waals surface area contributed by atoms with Crippen molar-refractivity contribution in [2.24, 2.45) is 5.41 Å². The van der Waals surface area contributed by atoms with Crippen LogP contribution in [-0.2, 0) is 9.53 Å². The molecule has 5 nitrogen and oxygen atoms in total. The molecule has 110 valence electrons. The highest BCUT2D eigenvalue weighted by Gasteiger charge is 2.36. The molecule has 0 heterocycles. The zero-order valence-electron chi connectivity index (χ0n) is 12.3. The molecule has 1 rings (SSSR count). The molecule has 5 heteroatoms. The molecule has 2 N–H and O–H groups in total. The molecule has 0 saturated heterocycles. The summed E-state index contributed by atoms with van der Waals surface area (Å²) in [5.74, 6) is -1.01. The number of carbonyl (C=O) groups excluding carboxylic acids is 1. The van der Waals surface area contributed by atoms with Crippen LogP contribution in [0.25, 0.3) is 0 Å². The van der Waals surface area contributed by atoms with Crippen molar-refractivity contribution in [3.05, 3.63) is 0 Å². The monoisotopic (exact) mass is 271 g/mol. The van der Waals surface area contributed by atoms with E-state index in [1.807, 2.05) is 0 Å². The molecule has 19 heavy (non-hydrogen) atoms. The molecule has 1 aliphatic carbocycles. The molecular formula is C14H25NO4. The fourth-order valence-corrected chi connectivity index (χ4v) is 1.90. The summed E-state index contributed by atoms with van der Waals surface area (Å²) in [5, 5.41) is 11.5. The van der Waals surface area contributed by atoms with Gasteiger partial charge in [0.25, 0.3) is 0 Å². The van der Waals surface area contributed by atoms with Crippen LogP contribution < -0.4 is 5.32 Å². The van der Waals surface area contributed by atoms with Crippen LogP contribution in [0.1, 0.15) is 59.8 Å². The fourth-order valence-electron chi connectivity index (χ4n) is 1.90. The number of ether oxygens (including phenoxy) is 1. The van der Waals surface area contributed by atoms with Gasteiger partial charge in [-0.3, -0.25) is 0 Å². The van der Waals surface area contributed by atoms with Gasteiger partial charge < -0.3 is 15.2 Å². The SMILES string of the molecule is CC1(CCCC(NC(=O)OC(C)(C)C)C(=O)O)CC1. The number of hydrogen-bond donors (Lipinski definition) is 2. The average molecular weight is 271 g/mol.